The fourth-order valence-corrected chi connectivity index (χ4v) is 2.08. The number of aryl methyl sites for hydroxylation is 2. The van der Waals surface area contributed by atoms with Crippen LogP contribution in [0, 0.1) is 13.8 Å². The zero-order chi connectivity index (χ0) is 14.0. The van der Waals surface area contributed by atoms with Gasteiger partial charge in [0.1, 0.15) is 0 Å². The van der Waals surface area contributed by atoms with Crippen molar-refractivity contribution in [3.8, 4) is 0 Å². The summed E-state index contributed by atoms with van der Waals surface area (Å²) in [6.07, 6.45) is 0. The highest BCUT2D eigenvalue weighted by Gasteiger charge is 2.11. The summed E-state index contributed by atoms with van der Waals surface area (Å²) in [5, 5.41) is 3.28. The molecule has 0 atom stereocenters. The van der Waals surface area contributed by atoms with Crippen molar-refractivity contribution in [1.82, 2.24) is 0 Å². The lowest BCUT2D eigenvalue weighted by Crippen LogP contribution is -2.14. The number of halogens is 1. The van der Waals surface area contributed by atoms with Crippen LogP contribution in [-0.2, 0) is 0 Å². The lowest BCUT2D eigenvalue weighted by Gasteiger charge is -2.10. The first-order valence-corrected chi connectivity index (χ1v) is 6.29. The smallest absolute Gasteiger partial charge is 0.257 e. The van der Waals surface area contributed by atoms with Gasteiger partial charge in [0.2, 0.25) is 0 Å². The molecular weight excluding hydrogens is 260 g/mol. The molecule has 1 amide bonds. The molecule has 3 N–H and O–H groups in total. The standard InChI is InChI=1S/C15H15ClN2O/c1-9-4-6-14(12(16)7-9)18-15(19)11-5-3-10(2)8-13(11)17/h3-8H,17H2,1-2H3,(H,18,19). The van der Waals surface area contributed by atoms with Crippen molar-refractivity contribution >= 4 is 28.9 Å². The van der Waals surface area contributed by atoms with Crippen molar-refractivity contribution in [2.75, 3.05) is 11.1 Å². The minimum absolute atomic E-state index is 0.261. The second-order valence-corrected chi connectivity index (χ2v) is 4.94. The topological polar surface area (TPSA) is 55.1 Å². The Hall–Kier alpha value is -2.00. The molecule has 4 heteroatoms. The number of hydrogen-bond donors (Lipinski definition) is 2. The molecular formula is C15H15ClN2O. The van der Waals surface area contributed by atoms with Crippen LogP contribution in [0.4, 0.5) is 11.4 Å². The molecule has 2 aromatic rings. The molecule has 0 aromatic heterocycles. The molecule has 0 unspecified atom stereocenters. The Kier molecular flexibility index (Phi) is 3.76. The molecule has 0 saturated carbocycles. The summed E-state index contributed by atoms with van der Waals surface area (Å²) >= 11 is 6.08. The van der Waals surface area contributed by atoms with E-state index in [0.29, 0.717) is 22.0 Å². The number of nitrogens with two attached hydrogens (primary N) is 1. The van der Waals surface area contributed by atoms with Gasteiger partial charge in [-0.15, -0.1) is 0 Å². The van der Waals surface area contributed by atoms with Gasteiger partial charge in [-0.3, -0.25) is 4.79 Å². The maximum absolute atomic E-state index is 12.1. The maximum Gasteiger partial charge on any atom is 0.257 e. The highest BCUT2D eigenvalue weighted by molar-refractivity contribution is 6.34. The van der Waals surface area contributed by atoms with Gasteiger partial charge in [-0.1, -0.05) is 23.7 Å². The predicted molar refractivity (Wildman–Crippen MR) is 79.7 cm³/mol. The molecule has 0 radical (unpaired) electrons. The zero-order valence-electron chi connectivity index (χ0n) is 10.8. The Morgan fingerprint density at radius 1 is 1.11 bits per heavy atom. The van der Waals surface area contributed by atoms with E-state index >= 15 is 0 Å². The van der Waals surface area contributed by atoms with E-state index in [4.69, 9.17) is 17.3 Å². The number of nitrogen functional groups attached to an aromatic ring is 1. The quantitative estimate of drug-likeness (QED) is 0.819. The number of carbonyl (C=O) groups excluding carboxylic acids is 1. The van der Waals surface area contributed by atoms with E-state index in [-0.39, 0.29) is 5.91 Å². The number of carbonyl (C=O) groups is 1. The highest BCUT2D eigenvalue weighted by atomic mass is 35.5. The summed E-state index contributed by atoms with van der Waals surface area (Å²) in [6.45, 7) is 3.87. The summed E-state index contributed by atoms with van der Waals surface area (Å²) in [5.74, 6) is -0.261. The Morgan fingerprint density at radius 3 is 2.37 bits per heavy atom. The van der Waals surface area contributed by atoms with Gasteiger partial charge >= 0.3 is 0 Å². The van der Waals surface area contributed by atoms with Gasteiger partial charge in [0, 0.05) is 5.69 Å². The Labute approximate surface area is 117 Å². The van der Waals surface area contributed by atoms with Crippen molar-refractivity contribution < 1.29 is 4.79 Å². The molecule has 0 aliphatic rings. The monoisotopic (exact) mass is 274 g/mol. The largest absolute Gasteiger partial charge is 0.398 e. The number of hydrogen-bond acceptors (Lipinski definition) is 2. The third-order valence-corrected chi connectivity index (χ3v) is 3.14. The van der Waals surface area contributed by atoms with Crippen LogP contribution in [0.2, 0.25) is 5.02 Å². The molecule has 19 heavy (non-hydrogen) atoms. The van der Waals surface area contributed by atoms with Crippen LogP contribution in [0.5, 0.6) is 0 Å². The van der Waals surface area contributed by atoms with Gasteiger partial charge in [0.25, 0.3) is 5.91 Å². The molecule has 0 aliphatic carbocycles. The van der Waals surface area contributed by atoms with Crippen molar-refractivity contribution in [3.05, 3.63) is 58.1 Å². The third-order valence-electron chi connectivity index (χ3n) is 2.82. The van der Waals surface area contributed by atoms with Gasteiger partial charge in [0.15, 0.2) is 0 Å². The average Bonchev–Trinajstić information content (AvgIpc) is 2.32. The summed E-state index contributed by atoms with van der Waals surface area (Å²) in [7, 11) is 0. The number of amides is 1. The lowest BCUT2D eigenvalue weighted by atomic mass is 10.1. The van der Waals surface area contributed by atoms with Crippen LogP contribution in [0.15, 0.2) is 36.4 Å². The van der Waals surface area contributed by atoms with Crippen LogP contribution >= 0.6 is 11.6 Å². The SMILES string of the molecule is Cc1ccc(C(=O)Nc2ccc(C)cc2Cl)c(N)c1. The van der Waals surface area contributed by atoms with Gasteiger partial charge in [0.05, 0.1) is 16.3 Å². The molecule has 0 bridgehead atoms. The van der Waals surface area contributed by atoms with E-state index in [9.17, 15) is 4.79 Å². The zero-order valence-corrected chi connectivity index (χ0v) is 11.6. The summed E-state index contributed by atoms with van der Waals surface area (Å²) in [5.41, 5.74) is 9.39. The average molecular weight is 275 g/mol. The number of rotatable bonds is 2. The first-order valence-electron chi connectivity index (χ1n) is 5.91. The lowest BCUT2D eigenvalue weighted by molar-refractivity contribution is 0.102. The van der Waals surface area contributed by atoms with Gasteiger partial charge in [-0.25, -0.2) is 0 Å². The van der Waals surface area contributed by atoms with Gasteiger partial charge < -0.3 is 11.1 Å². The van der Waals surface area contributed by atoms with Gasteiger partial charge in [-0.05, 0) is 49.2 Å². The van der Waals surface area contributed by atoms with Crippen LogP contribution in [-0.4, -0.2) is 5.91 Å². The Morgan fingerprint density at radius 2 is 1.74 bits per heavy atom. The molecule has 0 fully saturated rings. The first-order chi connectivity index (χ1) is 8.97. The summed E-state index contributed by atoms with van der Waals surface area (Å²) < 4.78 is 0. The fraction of sp³-hybridized carbons (Fsp3) is 0.133. The molecule has 2 rings (SSSR count). The molecule has 0 saturated heterocycles. The van der Waals surface area contributed by atoms with Crippen LogP contribution in [0.1, 0.15) is 21.5 Å². The van der Waals surface area contributed by atoms with Crippen molar-refractivity contribution in [2.24, 2.45) is 0 Å². The fourth-order valence-electron chi connectivity index (χ4n) is 1.80. The Bertz CT molecular complexity index is 638. The van der Waals surface area contributed by atoms with Gasteiger partial charge in [-0.2, -0.15) is 0 Å². The van der Waals surface area contributed by atoms with E-state index in [1.807, 2.05) is 26.0 Å². The second-order valence-electron chi connectivity index (χ2n) is 4.53. The normalized spacial score (nSPS) is 10.3. The summed E-state index contributed by atoms with van der Waals surface area (Å²) in [4.78, 5) is 12.1. The van der Waals surface area contributed by atoms with Crippen LogP contribution in [0.3, 0.4) is 0 Å². The number of nitrogens with one attached hydrogen (secondary N) is 1. The van der Waals surface area contributed by atoms with E-state index in [1.165, 1.54) is 0 Å². The summed E-state index contributed by atoms with van der Waals surface area (Å²) in [6, 6.07) is 10.8. The maximum atomic E-state index is 12.1. The third kappa shape index (κ3) is 3.06. The van der Waals surface area contributed by atoms with E-state index in [0.717, 1.165) is 11.1 Å². The van der Waals surface area contributed by atoms with E-state index in [2.05, 4.69) is 5.32 Å². The minimum Gasteiger partial charge on any atom is -0.398 e. The molecule has 0 spiro atoms. The van der Waals surface area contributed by atoms with Crippen LogP contribution < -0.4 is 11.1 Å². The number of anilines is 2. The predicted octanol–water partition coefficient (Wildman–Crippen LogP) is 3.79. The van der Waals surface area contributed by atoms with E-state index in [1.54, 1.807) is 24.3 Å². The van der Waals surface area contributed by atoms with Crippen molar-refractivity contribution in [2.45, 2.75) is 13.8 Å². The van der Waals surface area contributed by atoms with Crippen molar-refractivity contribution in [3.63, 3.8) is 0 Å². The Balaban J connectivity index is 2.25. The number of benzene rings is 2. The van der Waals surface area contributed by atoms with Crippen molar-refractivity contribution in [1.29, 1.82) is 0 Å². The molecule has 0 heterocycles. The highest BCUT2D eigenvalue weighted by Crippen LogP contribution is 2.24. The minimum atomic E-state index is -0.261. The first kappa shape index (κ1) is 13.4. The molecule has 3 nitrogen and oxygen atoms in total. The second kappa shape index (κ2) is 5.33. The molecule has 0 aliphatic heterocycles. The molecule has 98 valence electrons. The molecule has 2 aromatic carbocycles. The van der Waals surface area contributed by atoms with Crippen LogP contribution in [0.25, 0.3) is 0 Å². The van der Waals surface area contributed by atoms with E-state index < -0.39 is 0 Å².